The third kappa shape index (κ3) is 3.89. The number of fused-ring (bicyclic) bond motifs is 1. The highest BCUT2D eigenvalue weighted by molar-refractivity contribution is 9.10. The molecule has 0 unspecified atom stereocenters. The molecule has 0 aliphatic heterocycles. The number of rotatable bonds is 3. The molecule has 25 heavy (non-hydrogen) atoms. The summed E-state index contributed by atoms with van der Waals surface area (Å²) in [5, 5.41) is 0. The van der Waals surface area contributed by atoms with Gasteiger partial charge in [0.15, 0.2) is 0 Å². The van der Waals surface area contributed by atoms with Gasteiger partial charge < -0.3 is 4.90 Å². The van der Waals surface area contributed by atoms with Gasteiger partial charge in [-0.25, -0.2) is 9.37 Å². The molecule has 1 aromatic heterocycles. The standard InChI is InChI=1S/C17H12BrF4N3/c1-25(9-10-2-4-13(19)12(6-10)17(20,21)22)16-8-23-15-7-11(18)3-5-14(15)24-16/h2-8H,9H2,1H3. The second kappa shape index (κ2) is 6.59. The summed E-state index contributed by atoms with van der Waals surface area (Å²) < 4.78 is 52.7. The van der Waals surface area contributed by atoms with Gasteiger partial charge in [0.25, 0.3) is 0 Å². The summed E-state index contributed by atoms with van der Waals surface area (Å²) in [7, 11) is 1.69. The van der Waals surface area contributed by atoms with E-state index in [0.29, 0.717) is 22.4 Å². The van der Waals surface area contributed by atoms with Crippen molar-refractivity contribution in [3.63, 3.8) is 0 Å². The Morgan fingerprint density at radius 2 is 1.84 bits per heavy atom. The summed E-state index contributed by atoms with van der Waals surface area (Å²) in [6.45, 7) is 0.139. The van der Waals surface area contributed by atoms with Crippen molar-refractivity contribution in [3.8, 4) is 0 Å². The van der Waals surface area contributed by atoms with Crippen LogP contribution in [-0.4, -0.2) is 17.0 Å². The first-order valence-corrected chi connectivity index (χ1v) is 8.02. The first kappa shape index (κ1) is 17.6. The van der Waals surface area contributed by atoms with Crippen LogP contribution in [0.1, 0.15) is 11.1 Å². The lowest BCUT2D eigenvalue weighted by atomic mass is 10.1. The fourth-order valence-corrected chi connectivity index (χ4v) is 2.75. The van der Waals surface area contributed by atoms with Crippen LogP contribution < -0.4 is 4.90 Å². The number of aromatic nitrogens is 2. The molecule has 3 aromatic rings. The van der Waals surface area contributed by atoms with Crippen molar-refractivity contribution in [1.82, 2.24) is 9.97 Å². The minimum absolute atomic E-state index is 0.139. The maximum Gasteiger partial charge on any atom is 0.419 e. The molecule has 130 valence electrons. The highest BCUT2D eigenvalue weighted by Gasteiger charge is 2.34. The Morgan fingerprint density at radius 3 is 2.56 bits per heavy atom. The van der Waals surface area contributed by atoms with Crippen molar-refractivity contribution < 1.29 is 17.6 Å². The summed E-state index contributed by atoms with van der Waals surface area (Å²) in [5.41, 5.74) is 0.428. The van der Waals surface area contributed by atoms with Crippen LogP contribution in [0.3, 0.4) is 0 Å². The van der Waals surface area contributed by atoms with E-state index in [0.717, 1.165) is 16.6 Å². The SMILES string of the molecule is CN(Cc1ccc(F)c(C(F)(F)F)c1)c1cnc2cc(Br)ccc2n1. The third-order valence-electron chi connectivity index (χ3n) is 3.64. The number of hydrogen-bond donors (Lipinski definition) is 0. The van der Waals surface area contributed by atoms with E-state index in [9.17, 15) is 17.6 Å². The Labute approximate surface area is 149 Å². The zero-order valence-corrected chi connectivity index (χ0v) is 14.6. The number of hydrogen-bond acceptors (Lipinski definition) is 3. The fraction of sp³-hybridized carbons (Fsp3) is 0.176. The second-order valence-corrected chi connectivity index (χ2v) is 6.44. The van der Waals surface area contributed by atoms with Gasteiger partial charge in [0.2, 0.25) is 0 Å². The lowest BCUT2D eigenvalue weighted by Crippen LogP contribution is -2.19. The molecule has 2 aromatic carbocycles. The van der Waals surface area contributed by atoms with Crippen molar-refractivity contribution in [2.75, 3.05) is 11.9 Å². The van der Waals surface area contributed by atoms with Gasteiger partial charge >= 0.3 is 6.18 Å². The van der Waals surface area contributed by atoms with Crippen LogP contribution in [0.25, 0.3) is 11.0 Å². The van der Waals surface area contributed by atoms with Gasteiger partial charge in [-0.1, -0.05) is 22.0 Å². The van der Waals surface area contributed by atoms with Crippen LogP contribution in [0.2, 0.25) is 0 Å². The van der Waals surface area contributed by atoms with E-state index in [4.69, 9.17) is 0 Å². The molecule has 0 amide bonds. The first-order chi connectivity index (χ1) is 11.7. The zero-order valence-electron chi connectivity index (χ0n) is 13.0. The average Bonchev–Trinajstić information content (AvgIpc) is 2.55. The second-order valence-electron chi connectivity index (χ2n) is 5.53. The lowest BCUT2D eigenvalue weighted by molar-refractivity contribution is -0.140. The van der Waals surface area contributed by atoms with Crippen LogP contribution in [0, 0.1) is 5.82 Å². The highest BCUT2D eigenvalue weighted by atomic mass is 79.9. The summed E-state index contributed by atoms with van der Waals surface area (Å²) in [4.78, 5) is 10.4. The van der Waals surface area contributed by atoms with Gasteiger partial charge in [0.05, 0.1) is 22.8 Å². The Balaban J connectivity index is 1.87. The third-order valence-corrected chi connectivity index (χ3v) is 4.13. The first-order valence-electron chi connectivity index (χ1n) is 7.23. The number of benzene rings is 2. The van der Waals surface area contributed by atoms with E-state index in [2.05, 4.69) is 25.9 Å². The van der Waals surface area contributed by atoms with Crippen LogP contribution in [0.4, 0.5) is 23.4 Å². The minimum atomic E-state index is -4.73. The van der Waals surface area contributed by atoms with E-state index >= 15 is 0 Å². The summed E-state index contributed by atoms with van der Waals surface area (Å²) in [5.74, 6) is -0.775. The molecule has 0 aliphatic carbocycles. The molecule has 0 radical (unpaired) electrons. The average molecular weight is 414 g/mol. The zero-order chi connectivity index (χ0) is 18.2. The van der Waals surface area contributed by atoms with Crippen LogP contribution in [0.15, 0.2) is 47.1 Å². The van der Waals surface area contributed by atoms with Crippen molar-refractivity contribution in [1.29, 1.82) is 0 Å². The monoisotopic (exact) mass is 413 g/mol. The molecular formula is C17H12BrF4N3. The molecule has 1 heterocycles. The molecule has 0 fully saturated rings. The normalized spacial score (nSPS) is 11.8. The van der Waals surface area contributed by atoms with Crippen LogP contribution in [0.5, 0.6) is 0 Å². The Morgan fingerprint density at radius 1 is 1.08 bits per heavy atom. The fourth-order valence-electron chi connectivity index (χ4n) is 2.40. The Hall–Kier alpha value is -2.22. The number of halogens is 5. The predicted octanol–water partition coefficient (Wildman–Crippen LogP) is 5.19. The maximum absolute atomic E-state index is 13.4. The predicted molar refractivity (Wildman–Crippen MR) is 90.7 cm³/mol. The summed E-state index contributed by atoms with van der Waals surface area (Å²) in [6, 6.07) is 8.42. The summed E-state index contributed by atoms with van der Waals surface area (Å²) in [6.07, 6.45) is -3.18. The molecule has 0 atom stereocenters. The van der Waals surface area contributed by atoms with Gasteiger partial charge in [-0.3, -0.25) is 4.98 Å². The molecule has 8 heteroatoms. The summed E-state index contributed by atoms with van der Waals surface area (Å²) >= 11 is 3.35. The van der Waals surface area contributed by atoms with E-state index < -0.39 is 17.6 Å². The van der Waals surface area contributed by atoms with Gasteiger partial charge in [0.1, 0.15) is 11.6 Å². The van der Waals surface area contributed by atoms with E-state index in [1.54, 1.807) is 24.2 Å². The molecule has 0 bridgehead atoms. The molecule has 0 saturated carbocycles. The largest absolute Gasteiger partial charge is 0.419 e. The minimum Gasteiger partial charge on any atom is -0.354 e. The molecule has 0 aliphatic rings. The van der Waals surface area contributed by atoms with E-state index in [1.165, 1.54) is 6.07 Å². The smallest absolute Gasteiger partial charge is 0.354 e. The number of alkyl halides is 3. The van der Waals surface area contributed by atoms with Crippen molar-refractivity contribution in [2.45, 2.75) is 12.7 Å². The molecular weight excluding hydrogens is 402 g/mol. The maximum atomic E-state index is 13.4. The molecule has 3 rings (SSSR count). The van der Waals surface area contributed by atoms with Crippen molar-refractivity contribution in [3.05, 3.63) is 64.0 Å². The van der Waals surface area contributed by atoms with E-state index in [1.807, 2.05) is 12.1 Å². The Kier molecular flexibility index (Phi) is 4.64. The van der Waals surface area contributed by atoms with E-state index in [-0.39, 0.29) is 6.54 Å². The number of nitrogens with zero attached hydrogens (tertiary/aromatic N) is 3. The van der Waals surface area contributed by atoms with Gasteiger partial charge in [0, 0.05) is 18.1 Å². The highest BCUT2D eigenvalue weighted by Crippen LogP contribution is 2.32. The Bertz CT molecular complexity index is 927. The van der Waals surface area contributed by atoms with Gasteiger partial charge in [-0.15, -0.1) is 0 Å². The quantitative estimate of drug-likeness (QED) is 0.553. The van der Waals surface area contributed by atoms with Crippen LogP contribution in [-0.2, 0) is 12.7 Å². The molecule has 3 nitrogen and oxygen atoms in total. The topological polar surface area (TPSA) is 29.0 Å². The molecule has 0 spiro atoms. The molecule has 0 N–H and O–H groups in total. The van der Waals surface area contributed by atoms with Gasteiger partial charge in [-0.2, -0.15) is 13.2 Å². The van der Waals surface area contributed by atoms with Crippen LogP contribution >= 0.6 is 15.9 Å². The van der Waals surface area contributed by atoms with Crippen molar-refractivity contribution >= 4 is 32.8 Å². The van der Waals surface area contributed by atoms with Gasteiger partial charge in [-0.05, 0) is 35.9 Å². The lowest BCUT2D eigenvalue weighted by Gasteiger charge is -2.19. The number of anilines is 1. The molecule has 0 saturated heterocycles. The van der Waals surface area contributed by atoms with Crippen molar-refractivity contribution in [2.24, 2.45) is 0 Å².